The van der Waals surface area contributed by atoms with Crippen LogP contribution in [0.5, 0.6) is 0 Å². The maximum atomic E-state index is 11.3. The Morgan fingerprint density at radius 2 is 2.00 bits per heavy atom. The normalized spacial score (nSPS) is 10.0. The van der Waals surface area contributed by atoms with E-state index in [9.17, 15) is 8.42 Å². The average molecular weight is 326 g/mol. The molecule has 0 amide bonds. The lowest BCUT2D eigenvalue weighted by molar-refractivity contribution is 0.602. The van der Waals surface area contributed by atoms with Crippen LogP contribution in [0.1, 0.15) is 0 Å². The lowest BCUT2D eigenvalue weighted by atomic mass is 10.3. The number of rotatable bonds is 3. The van der Waals surface area contributed by atoms with Crippen molar-refractivity contribution >= 4 is 31.5 Å². The van der Waals surface area contributed by atoms with E-state index >= 15 is 0 Å². The Kier molecular flexibility index (Phi) is 4.49. The fourth-order valence-corrected chi connectivity index (χ4v) is 2.37. The average Bonchev–Trinajstić information content (AvgIpc) is 2.30. The third kappa shape index (κ3) is 3.59. The van der Waals surface area contributed by atoms with Crippen molar-refractivity contribution in [2.75, 3.05) is 11.6 Å². The van der Waals surface area contributed by atoms with Crippen LogP contribution in [0.2, 0.25) is 0 Å². The van der Waals surface area contributed by atoms with Crippen molar-refractivity contribution in [2.24, 2.45) is 0 Å². The van der Waals surface area contributed by atoms with Crippen molar-refractivity contribution in [2.45, 2.75) is 4.90 Å². The van der Waals surface area contributed by atoms with Gasteiger partial charge in [0.25, 0.3) is 0 Å². The van der Waals surface area contributed by atoms with E-state index in [4.69, 9.17) is 10.5 Å². The Bertz CT molecular complexity index is 665. The fraction of sp³-hybridized carbons (Fsp3) is 0.0909. The molecule has 0 aliphatic carbocycles. The lowest BCUT2D eigenvalue weighted by Crippen LogP contribution is -1.98. The highest BCUT2D eigenvalue weighted by atomic mass is 79.9. The third-order valence-corrected chi connectivity index (χ3v) is 3.75. The van der Waals surface area contributed by atoms with Crippen LogP contribution in [0, 0.1) is 22.7 Å². The van der Waals surface area contributed by atoms with Gasteiger partial charge in [-0.05, 0) is 34.1 Å². The number of halogens is 1. The van der Waals surface area contributed by atoms with Crippen molar-refractivity contribution in [1.29, 1.82) is 10.5 Å². The standard InChI is InChI=1S/C11H8BrN3O2S/c1-18(16,17)9-2-3-11(10(12)4-9)15-7-8(5-13)6-14/h2-4,7,15H,1H3. The van der Waals surface area contributed by atoms with Gasteiger partial charge in [0.05, 0.1) is 10.6 Å². The second-order valence-corrected chi connectivity index (χ2v) is 6.21. The summed E-state index contributed by atoms with van der Waals surface area (Å²) in [7, 11) is -3.26. The fourth-order valence-electron chi connectivity index (χ4n) is 1.08. The van der Waals surface area contributed by atoms with Crippen LogP contribution in [0.25, 0.3) is 0 Å². The molecule has 0 aliphatic heterocycles. The zero-order chi connectivity index (χ0) is 13.8. The van der Waals surface area contributed by atoms with Gasteiger partial charge in [-0.1, -0.05) is 0 Å². The molecule has 0 aromatic heterocycles. The predicted octanol–water partition coefficient (Wildman–Crippen LogP) is 2.20. The van der Waals surface area contributed by atoms with Crippen molar-refractivity contribution in [3.63, 3.8) is 0 Å². The number of nitriles is 2. The minimum absolute atomic E-state index is 0.0749. The van der Waals surface area contributed by atoms with Gasteiger partial charge in [-0.2, -0.15) is 10.5 Å². The number of hydrogen-bond acceptors (Lipinski definition) is 5. The summed E-state index contributed by atoms with van der Waals surface area (Å²) in [4.78, 5) is 0.185. The molecule has 0 aliphatic rings. The first-order valence-corrected chi connectivity index (χ1v) is 7.33. The van der Waals surface area contributed by atoms with Gasteiger partial charge in [0.1, 0.15) is 17.7 Å². The van der Waals surface area contributed by atoms with E-state index in [2.05, 4.69) is 21.2 Å². The Labute approximate surface area is 113 Å². The summed E-state index contributed by atoms with van der Waals surface area (Å²) in [6.45, 7) is 0. The number of nitrogens with zero attached hydrogens (tertiary/aromatic N) is 2. The molecule has 1 rings (SSSR count). The molecule has 0 fully saturated rings. The highest BCUT2D eigenvalue weighted by Gasteiger charge is 2.09. The number of allylic oxidation sites excluding steroid dienone is 1. The van der Waals surface area contributed by atoms with Crippen LogP contribution in [0.15, 0.2) is 39.3 Å². The summed E-state index contributed by atoms with van der Waals surface area (Å²) < 4.78 is 23.2. The van der Waals surface area contributed by atoms with Gasteiger partial charge in [-0.25, -0.2) is 8.42 Å². The minimum atomic E-state index is -3.26. The molecule has 0 atom stereocenters. The Morgan fingerprint density at radius 3 is 2.44 bits per heavy atom. The molecule has 0 saturated heterocycles. The van der Waals surface area contributed by atoms with Crippen LogP contribution < -0.4 is 5.32 Å². The van der Waals surface area contributed by atoms with Crippen LogP contribution in [0.4, 0.5) is 5.69 Å². The zero-order valence-electron chi connectivity index (χ0n) is 9.31. The van der Waals surface area contributed by atoms with E-state index in [0.29, 0.717) is 10.2 Å². The zero-order valence-corrected chi connectivity index (χ0v) is 11.7. The number of sulfone groups is 1. The first-order valence-electron chi connectivity index (χ1n) is 4.65. The first kappa shape index (κ1) is 14.2. The quantitative estimate of drug-likeness (QED) is 0.859. The van der Waals surface area contributed by atoms with Gasteiger partial charge in [0.15, 0.2) is 9.84 Å². The predicted molar refractivity (Wildman–Crippen MR) is 70.2 cm³/mol. The van der Waals surface area contributed by atoms with Gasteiger partial charge in [0, 0.05) is 16.9 Å². The molecule has 0 spiro atoms. The van der Waals surface area contributed by atoms with Gasteiger partial charge < -0.3 is 5.32 Å². The van der Waals surface area contributed by atoms with E-state index in [1.165, 1.54) is 18.3 Å². The van der Waals surface area contributed by atoms with Crippen LogP contribution >= 0.6 is 15.9 Å². The van der Waals surface area contributed by atoms with Crippen molar-refractivity contribution in [3.8, 4) is 12.1 Å². The molecule has 92 valence electrons. The monoisotopic (exact) mass is 325 g/mol. The topological polar surface area (TPSA) is 93.8 Å². The molecule has 0 bridgehead atoms. The van der Waals surface area contributed by atoms with Gasteiger partial charge in [0.2, 0.25) is 0 Å². The van der Waals surface area contributed by atoms with Crippen LogP contribution in [0.3, 0.4) is 0 Å². The van der Waals surface area contributed by atoms with Crippen LogP contribution in [-0.2, 0) is 9.84 Å². The van der Waals surface area contributed by atoms with Crippen molar-refractivity contribution in [1.82, 2.24) is 0 Å². The molecular weight excluding hydrogens is 318 g/mol. The maximum Gasteiger partial charge on any atom is 0.175 e. The SMILES string of the molecule is CS(=O)(=O)c1ccc(NC=C(C#N)C#N)c(Br)c1. The molecule has 1 aromatic carbocycles. The molecular formula is C11H8BrN3O2S. The minimum Gasteiger partial charge on any atom is -0.359 e. The Balaban J connectivity index is 3.06. The number of hydrogen-bond donors (Lipinski definition) is 1. The Morgan fingerprint density at radius 1 is 1.39 bits per heavy atom. The van der Waals surface area contributed by atoms with Crippen LogP contribution in [-0.4, -0.2) is 14.7 Å². The second-order valence-electron chi connectivity index (χ2n) is 3.34. The highest BCUT2D eigenvalue weighted by molar-refractivity contribution is 9.10. The Hall–Kier alpha value is -1.83. The van der Waals surface area contributed by atoms with Crippen molar-refractivity contribution in [3.05, 3.63) is 34.4 Å². The molecule has 0 radical (unpaired) electrons. The molecule has 1 N–H and O–H groups in total. The second kappa shape index (κ2) is 5.67. The van der Waals surface area contributed by atoms with E-state index in [1.54, 1.807) is 18.2 Å². The van der Waals surface area contributed by atoms with Crippen molar-refractivity contribution < 1.29 is 8.42 Å². The number of anilines is 1. The number of benzene rings is 1. The summed E-state index contributed by atoms with van der Waals surface area (Å²) in [5.74, 6) is 0. The highest BCUT2D eigenvalue weighted by Crippen LogP contribution is 2.25. The van der Waals surface area contributed by atoms with E-state index in [0.717, 1.165) is 6.26 Å². The third-order valence-electron chi connectivity index (χ3n) is 1.98. The molecule has 0 heterocycles. The maximum absolute atomic E-state index is 11.3. The molecule has 1 aromatic rings. The molecule has 18 heavy (non-hydrogen) atoms. The summed E-state index contributed by atoms with van der Waals surface area (Å²) in [5.41, 5.74) is 0.486. The van der Waals surface area contributed by atoms with Gasteiger partial charge in [-0.3, -0.25) is 0 Å². The summed E-state index contributed by atoms with van der Waals surface area (Å²) in [6, 6.07) is 7.84. The molecule has 0 unspecified atom stereocenters. The molecule has 7 heteroatoms. The van der Waals surface area contributed by atoms with Gasteiger partial charge >= 0.3 is 0 Å². The van der Waals surface area contributed by atoms with Gasteiger partial charge in [-0.15, -0.1) is 0 Å². The summed E-state index contributed by atoms with van der Waals surface area (Å²) >= 11 is 3.21. The smallest absolute Gasteiger partial charge is 0.175 e. The number of nitrogens with one attached hydrogen (secondary N) is 1. The molecule has 5 nitrogen and oxygen atoms in total. The van der Waals surface area contributed by atoms with E-state index < -0.39 is 9.84 Å². The van der Waals surface area contributed by atoms with E-state index in [-0.39, 0.29) is 10.5 Å². The lowest BCUT2D eigenvalue weighted by Gasteiger charge is -2.06. The summed E-state index contributed by atoms with van der Waals surface area (Å²) in [6.07, 6.45) is 2.37. The largest absolute Gasteiger partial charge is 0.359 e. The summed E-state index contributed by atoms with van der Waals surface area (Å²) in [5, 5.41) is 19.8. The van der Waals surface area contributed by atoms with E-state index in [1.807, 2.05) is 0 Å². The first-order chi connectivity index (χ1) is 8.38. The molecule has 0 saturated carbocycles.